The second-order valence-electron chi connectivity index (χ2n) is 7.25. The van der Waals surface area contributed by atoms with Crippen molar-refractivity contribution < 1.29 is 14.7 Å². The predicted molar refractivity (Wildman–Crippen MR) is 115 cm³/mol. The maximum atomic E-state index is 12.4. The van der Waals surface area contributed by atoms with Crippen LogP contribution in [-0.2, 0) is 24.2 Å². The molecule has 3 aromatic rings. The number of fused-ring (bicyclic) bond motifs is 2. The summed E-state index contributed by atoms with van der Waals surface area (Å²) >= 11 is 6.18. The first-order chi connectivity index (χ1) is 13.9. The molecule has 0 spiro atoms. The second kappa shape index (κ2) is 7.72. The average Bonchev–Trinajstić information content (AvgIpc) is 2.69. The normalized spacial score (nSPS) is 13.1. The fourth-order valence-corrected chi connectivity index (χ4v) is 4.05. The van der Waals surface area contributed by atoms with Crippen LogP contribution in [-0.4, -0.2) is 17.0 Å². The molecule has 29 heavy (non-hydrogen) atoms. The van der Waals surface area contributed by atoms with Gasteiger partial charge in [0.05, 0.1) is 12.1 Å². The molecule has 4 rings (SSSR count). The Labute approximate surface area is 174 Å². The molecule has 0 bridgehead atoms. The molecule has 1 heterocycles. The number of rotatable bonds is 2. The molecule has 0 atom stereocenters. The Bertz CT molecular complexity index is 1120. The van der Waals surface area contributed by atoms with Gasteiger partial charge in [-0.2, -0.15) is 0 Å². The van der Waals surface area contributed by atoms with Gasteiger partial charge in [-0.3, -0.25) is 4.79 Å². The van der Waals surface area contributed by atoms with E-state index in [-0.39, 0.29) is 11.5 Å². The van der Waals surface area contributed by atoms with Gasteiger partial charge in [-0.05, 0) is 77.1 Å². The van der Waals surface area contributed by atoms with Crippen LogP contribution in [0.5, 0.6) is 0 Å². The van der Waals surface area contributed by atoms with E-state index in [9.17, 15) is 14.7 Å². The number of amides is 1. The first-order valence-electron chi connectivity index (χ1n) is 9.44. The summed E-state index contributed by atoms with van der Waals surface area (Å²) in [5.74, 6) is -0.976. The second-order valence-corrected chi connectivity index (χ2v) is 7.68. The summed E-state index contributed by atoms with van der Waals surface area (Å²) in [5, 5.41) is 9.94. The molecular formula is C24H20ClNO3. The van der Waals surface area contributed by atoms with E-state index < -0.39 is 5.97 Å². The van der Waals surface area contributed by atoms with Crippen molar-refractivity contribution >= 4 is 29.2 Å². The summed E-state index contributed by atoms with van der Waals surface area (Å²) in [5.41, 5.74) is 6.25. The third kappa shape index (κ3) is 3.89. The van der Waals surface area contributed by atoms with Crippen molar-refractivity contribution in [2.75, 3.05) is 4.90 Å². The topological polar surface area (TPSA) is 57.6 Å². The fourth-order valence-electron chi connectivity index (χ4n) is 3.85. The quantitative estimate of drug-likeness (QED) is 0.624. The molecule has 0 radical (unpaired) electrons. The first-order valence-corrected chi connectivity index (χ1v) is 9.82. The van der Waals surface area contributed by atoms with E-state index >= 15 is 0 Å². The number of anilines is 1. The number of carbonyl (C=O) groups is 2. The molecule has 1 aliphatic heterocycles. The van der Waals surface area contributed by atoms with Crippen LogP contribution < -0.4 is 4.90 Å². The van der Waals surface area contributed by atoms with Crippen LogP contribution in [0.1, 0.15) is 34.0 Å². The van der Waals surface area contributed by atoms with Crippen molar-refractivity contribution in [3.05, 3.63) is 87.9 Å². The van der Waals surface area contributed by atoms with Gasteiger partial charge in [0.1, 0.15) is 0 Å². The minimum atomic E-state index is -0.948. The van der Waals surface area contributed by atoms with Gasteiger partial charge in [-0.15, -0.1) is 0 Å². The highest BCUT2D eigenvalue weighted by atomic mass is 35.5. The van der Waals surface area contributed by atoms with E-state index in [1.807, 2.05) is 30.3 Å². The summed E-state index contributed by atoms with van der Waals surface area (Å²) in [7, 11) is 0. The summed E-state index contributed by atoms with van der Waals surface area (Å²) in [6.07, 6.45) is 1.64. The van der Waals surface area contributed by atoms with Crippen molar-refractivity contribution in [1.82, 2.24) is 0 Å². The summed E-state index contributed by atoms with van der Waals surface area (Å²) in [6.45, 7) is 2.03. The van der Waals surface area contributed by atoms with E-state index in [0.717, 1.165) is 40.8 Å². The zero-order valence-corrected chi connectivity index (χ0v) is 16.7. The van der Waals surface area contributed by atoms with Crippen molar-refractivity contribution in [3.63, 3.8) is 0 Å². The summed E-state index contributed by atoms with van der Waals surface area (Å²) in [4.78, 5) is 25.5. The molecule has 1 N–H and O–H groups in total. The molecule has 0 unspecified atom stereocenters. The highest BCUT2D eigenvalue weighted by Gasteiger charge is 2.21. The standard InChI is InChI=1S/C24H20ClNO3/c1-15(27)26-14-21-12-18(17-3-2-4-20(11-17)24(28)29)7-5-16(21)6-8-19-13-22(25)9-10-23(19)26/h2-5,7,9-13H,6,8,14H2,1H3,(H,28,29). The van der Waals surface area contributed by atoms with Crippen LogP contribution >= 0.6 is 11.6 Å². The predicted octanol–water partition coefficient (Wildman–Crippen LogP) is 5.36. The van der Waals surface area contributed by atoms with Gasteiger partial charge in [-0.25, -0.2) is 4.79 Å². The van der Waals surface area contributed by atoms with Gasteiger partial charge in [0.25, 0.3) is 0 Å². The van der Waals surface area contributed by atoms with Crippen LogP contribution in [0, 0.1) is 0 Å². The largest absolute Gasteiger partial charge is 0.478 e. The smallest absolute Gasteiger partial charge is 0.335 e. The Balaban J connectivity index is 1.77. The van der Waals surface area contributed by atoms with E-state index in [1.165, 1.54) is 5.56 Å². The molecule has 0 aromatic heterocycles. The van der Waals surface area contributed by atoms with E-state index in [0.29, 0.717) is 11.6 Å². The summed E-state index contributed by atoms with van der Waals surface area (Å²) in [6, 6.07) is 18.7. The number of aryl methyl sites for hydroxylation is 2. The van der Waals surface area contributed by atoms with Crippen LogP contribution in [0.2, 0.25) is 5.02 Å². The number of carbonyl (C=O) groups excluding carboxylic acids is 1. The lowest BCUT2D eigenvalue weighted by Crippen LogP contribution is -2.30. The minimum absolute atomic E-state index is 0.0281. The Morgan fingerprint density at radius 2 is 1.66 bits per heavy atom. The monoisotopic (exact) mass is 405 g/mol. The molecule has 0 aliphatic carbocycles. The van der Waals surface area contributed by atoms with Gasteiger partial charge >= 0.3 is 5.97 Å². The highest BCUT2D eigenvalue weighted by Crippen LogP contribution is 2.32. The average molecular weight is 406 g/mol. The minimum Gasteiger partial charge on any atom is -0.478 e. The molecule has 1 aliphatic rings. The molecule has 0 saturated carbocycles. The Morgan fingerprint density at radius 3 is 2.41 bits per heavy atom. The van der Waals surface area contributed by atoms with Gasteiger partial charge in [0.2, 0.25) is 5.91 Å². The molecule has 146 valence electrons. The number of halogens is 1. The van der Waals surface area contributed by atoms with E-state index in [4.69, 9.17) is 11.6 Å². The van der Waals surface area contributed by atoms with Gasteiger partial charge in [-0.1, -0.05) is 35.9 Å². The molecule has 0 fully saturated rings. The van der Waals surface area contributed by atoms with Crippen LogP contribution in [0.15, 0.2) is 60.7 Å². The first kappa shape index (κ1) is 19.2. The molecule has 0 saturated heterocycles. The lowest BCUT2D eigenvalue weighted by molar-refractivity contribution is -0.116. The Hall–Kier alpha value is -3.11. The number of aromatic carboxylic acids is 1. The number of carboxylic acid groups (broad SMARTS) is 1. The van der Waals surface area contributed by atoms with Crippen LogP contribution in [0.4, 0.5) is 5.69 Å². The van der Waals surface area contributed by atoms with Gasteiger partial charge in [0.15, 0.2) is 0 Å². The maximum absolute atomic E-state index is 12.4. The fraction of sp³-hybridized carbons (Fsp3) is 0.167. The zero-order chi connectivity index (χ0) is 20.5. The molecule has 3 aromatic carbocycles. The van der Waals surface area contributed by atoms with E-state index in [1.54, 1.807) is 30.0 Å². The van der Waals surface area contributed by atoms with Crippen LogP contribution in [0.25, 0.3) is 11.1 Å². The molecule has 4 nitrogen and oxygen atoms in total. The van der Waals surface area contributed by atoms with Crippen molar-refractivity contribution in [2.24, 2.45) is 0 Å². The Morgan fingerprint density at radius 1 is 0.897 bits per heavy atom. The van der Waals surface area contributed by atoms with Crippen molar-refractivity contribution in [2.45, 2.75) is 26.3 Å². The third-order valence-corrected chi connectivity index (χ3v) is 5.59. The molecule has 5 heteroatoms. The maximum Gasteiger partial charge on any atom is 0.335 e. The molecular weight excluding hydrogens is 386 g/mol. The SMILES string of the molecule is CC(=O)N1Cc2cc(-c3cccc(C(=O)O)c3)ccc2CCc2cc(Cl)ccc21. The van der Waals surface area contributed by atoms with Gasteiger partial charge < -0.3 is 10.0 Å². The lowest BCUT2D eigenvalue weighted by Gasteiger charge is -2.28. The summed E-state index contributed by atoms with van der Waals surface area (Å²) < 4.78 is 0. The number of hydrogen-bond donors (Lipinski definition) is 1. The zero-order valence-electron chi connectivity index (χ0n) is 16.0. The third-order valence-electron chi connectivity index (χ3n) is 5.35. The number of carboxylic acids is 1. The van der Waals surface area contributed by atoms with Gasteiger partial charge in [0, 0.05) is 17.6 Å². The highest BCUT2D eigenvalue weighted by molar-refractivity contribution is 6.30. The molecule has 1 amide bonds. The van der Waals surface area contributed by atoms with E-state index in [2.05, 4.69) is 12.1 Å². The number of nitrogens with zero attached hydrogens (tertiary/aromatic N) is 1. The van der Waals surface area contributed by atoms with Crippen molar-refractivity contribution in [3.8, 4) is 11.1 Å². The van der Waals surface area contributed by atoms with Crippen LogP contribution in [0.3, 0.4) is 0 Å². The number of hydrogen-bond acceptors (Lipinski definition) is 2. The van der Waals surface area contributed by atoms with Crippen molar-refractivity contribution in [1.29, 1.82) is 0 Å². The Kier molecular flexibility index (Phi) is 5.12. The lowest BCUT2D eigenvalue weighted by atomic mass is 9.92. The number of benzene rings is 3.